The molecule has 1 unspecified atom stereocenters. The van der Waals surface area contributed by atoms with Crippen molar-refractivity contribution in [2.24, 2.45) is 0 Å². The molecule has 0 bridgehead atoms. The molecule has 0 saturated carbocycles. The van der Waals surface area contributed by atoms with E-state index in [0.717, 1.165) is 11.1 Å². The lowest BCUT2D eigenvalue weighted by Crippen LogP contribution is -2.45. The lowest BCUT2D eigenvalue weighted by atomic mass is 10.1. The normalized spacial score (nSPS) is 11.4. The van der Waals surface area contributed by atoms with Crippen LogP contribution in [0.2, 0.25) is 0 Å². The van der Waals surface area contributed by atoms with Crippen LogP contribution in [-0.2, 0) is 16.0 Å². The molecule has 0 spiro atoms. The fourth-order valence-electron chi connectivity index (χ4n) is 2.66. The van der Waals surface area contributed by atoms with Crippen molar-refractivity contribution in [1.82, 2.24) is 10.9 Å². The molecule has 2 amide bonds. The first-order valence-electron chi connectivity index (χ1n) is 8.71. The van der Waals surface area contributed by atoms with Gasteiger partial charge in [-0.15, -0.1) is 0 Å². The van der Waals surface area contributed by atoms with Crippen molar-refractivity contribution in [3.8, 4) is 0 Å². The molecule has 0 aliphatic carbocycles. The van der Waals surface area contributed by atoms with E-state index in [1.165, 1.54) is 0 Å². The number of carbonyl (C=O) groups is 2. The van der Waals surface area contributed by atoms with Gasteiger partial charge in [0.15, 0.2) is 0 Å². The second kappa shape index (κ2) is 9.31. The maximum Gasteiger partial charge on any atom is 0.247 e. The van der Waals surface area contributed by atoms with Crippen molar-refractivity contribution in [1.29, 1.82) is 0 Å². The number of para-hydroxylation sites is 1. The highest BCUT2D eigenvalue weighted by Gasteiger charge is 2.21. The van der Waals surface area contributed by atoms with Gasteiger partial charge in [0.25, 0.3) is 0 Å². The number of benzene rings is 3. The first-order chi connectivity index (χ1) is 13.2. The Kier molecular flexibility index (Phi) is 6.33. The van der Waals surface area contributed by atoms with Crippen molar-refractivity contribution in [3.63, 3.8) is 0 Å². The lowest BCUT2D eigenvalue weighted by molar-refractivity contribution is -0.123. The van der Waals surface area contributed by atoms with Crippen molar-refractivity contribution < 1.29 is 9.59 Å². The Bertz CT molecular complexity index is 868. The van der Waals surface area contributed by atoms with Crippen LogP contribution < -0.4 is 16.2 Å². The van der Waals surface area contributed by atoms with Gasteiger partial charge < -0.3 is 5.32 Å². The smallest absolute Gasteiger partial charge is 0.247 e. The Balaban J connectivity index is 1.67. The third kappa shape index (κ3) is 5.52. The van der Waals surface area contributed by atoms with Gasteiger partial charge in [0.05, 0.1) is 6.42 Å². The predicted molar refractivity (Wildman–Crippen MR) is 106 cm³/mol. The molecule has 0 aliphatic heterocycles. The van der Waals surface area contributed by atoms with Gasteiger partial charge in [0.1, 0.15) is 6.04 Å². The van der Waals surface area contributed by atoms with Crippen LogP contribution in [0.1, 0.15) is 17.2 Å². The molecule has 3 aromatic carbocycles. The molecule has 0 aromatic heterocycles. The summed E-state index contributed by atoms with van der Waals surface area (Å²) in [5, 5.41) is 2.86. The summed E-state index contributed by atoms with van der Waals surface area (Å²) in [6, 6.07) is 27.2. The molecule has 0 heterocycles. The van der Waals surface area contributed by atoms with Gasteiger partial charge in [-0.2, -0.15) is 0 Å². The van der Waals surface area contributed by atoms with Gasteiger partial charge in [0.2, 0.25) is 11.8 Å². The molecule has 5 nitrogen and oxygen atoms in total. The van der Waals surface area contributed by atoms with Crippen molar-refractivity contribution in [2.75, 3.05) is 5.32 Å². The largest absolute Gasteiger partial charge is 0.324 e. The van der Waals surface area contributed by atoms with Crippen LogP contribution in [0.25, 0.3) is 0 Å². The first-order valence-corrected chi connectivity index (χ1v) is 8.71. The highest BCUT2D eigenvalue weighted by atomic mass is 16.2. The summed E-state index contributed by atoms with van der Waals surface area (Å²) in [4.78, 5) is 25.0. The Morgan fingerprint density at radius 3 is 1.93 bits per heavy atom. The molecule has 5 heteroatoms. The molecule has 3 aromatic rings. The maximum atomic E-state index is 12.8. The quantitative estimate of drug-likeness (QED) is 0.567. The molecule has 0 fully saturated rings. The fraction of sp³-hybridized carbons (Fsp3) is 0.0909. The minimum Gasteiger partial charge on any atom is -0.324 e. The molecule has 136 valence electrons. The topological polar surface area (TPSA) is 70.2 Å². The Morgan fingerprint density at radius 2 is 1.30 bits per heavy atom. The van der Waals surface area contributed by atoms with Gasteiger partial charge in [-0.25, -0.2) is 5.43 Å². The summed E-state index contributed by atoms with van der Waals surface area (Å²) < 4.78 is 0. The number of rotatable bonds is 7. The standard InChI is InChI=1S/C22H21N3O2/c26-20(16-17-10-4-1-5-11-17)24-25-21(18-12-6-2-7-13-18)22(27)23-19-14-8-3-9-15-19/h1-15,21,25H,16H2,(H,23,27)(H,24,26). The van der Waals surface area contributed by atoms with Crippen LogP contribution in [-0.4, -0.2) is 11.8 Å². The molecule has 27 heavy (non-hydrogen) atoms. The molecule has 0 radical (unpaired) electrons. The van der Waals surface area contributed by atoms with Crippen molar-refractivity contribution in [3.05, 3.63) is 102 Å². The maximum absolute atomic E-state index is 12.8. The first kappa shape index (κ1) is 18.4. The van der Waals surface area contributed by atoms with Crippen molar-refractivity contribution >= 4 is 17.5 Å². The van der Waals surface area contributed by atoms with E-state index in [1.807, 2.05) is 91.0 Å². The highest BCUT2D eigenvalue weighted by Crippen LogP contribution is 2.15. The minimum absolute atomic E-state index is 0.213. The molecule has 0 aliphatic rings. The number of carbonyl (C=O) groups excluding carboxylic acids is 2. The third-order valence-corrected chi connectivity index (χ3v) is 4.00. The fourth-order valence-corrected chi connectivity index (χ4v) is 2.66. The monoisotopic (exact) mass is 359 g/mol. The molecule has 1 atom stereocenters. The van der Waals surface area contributed by atoms with E-state index >= 15 is 0 Å². The van der Waals surface area contributed by atoms with Crippen LogP contribution in [0, 0.1) is 0 Å². The van der Waals surface area contributed by atoms with Gasteiger partial charge >= 0.3 is 0 Å². The lowest BCUT2D eigenvalue weighted by Gasteiger charge is -2.19. The van der Waals surface area contributed by atoms with Gasteiger partial charge in [-0.3, -0.25) is 15.0 Å². The molecular weight excluding hydrogens is 338 g/mol. The minimum atomic E-state index is -0.717. The highest BCUT2D eigenvalue weighted by molar-refractivity contribution is 5.95. The van der Waals surface area contributed by atoms with E-state index in [-0.39, 0.29) is 18.2 Å². The zero-order chi connectivity index (χ0) is 18.9. The Labute approximate surface area is 158 Å². The van der Waals surface area contributed by atoms with Gasteiger partial charge in [-0.05, 0) is 23.3 Å². The Morgan fingerprint density at radius 1 is 0.741 bits per heavy atom. The summed E-state index contributed by atoms with van der Waals surface area (Å²) in [6.07, 6.45) is 0.232. The number of hydrazine groups is 1. The zero-order valence-electron chi connectivity index (χ0n) is 14.8. The van der Waals surface area contributed by atoms with E-state index < -0.39 is 6.04 Å². The average Bonchev–Trinajstić information content (AvgIpc) is 2.70. The van der Waals surface area contributed by atoms with Crippen LogP contribution in [0.4, 0.5) is 5.69 Å². The Hall–Kier alpha value is -3.44. The molecular formula is C22H21N3O2. The van der Waals surface area contributed by atoms with Gasteiger partial charge in [0, 0.05) is 5.69 Å². The number of amides is 2. The number of nitrogens with one attached hydrogen (secondary N) is 3. The summed E-state index contributed by atoms with van der Waals surface area (Å²) in [6.45, 7) is 0. The molecule has 0 saturated heterocycles. The van der Waals surface area contributed by atoms with Crippen LogP contribution in [0.15, 0.2) is 91.0 Å². The van der Waals surface area contributed by atoms with Gasteiger partial charge in [-0.1, -0.05) is 78.9 Å². The zero-order valence-corrected chi connectivity index (χ0v) is 14.8. The van der Waals surface area contributed by atoms with E-state index in [1.54, 1.807) is 0 Å². The predicted octanol–water partition coefficient (Wildman–Crippen LogP) is 3.23. The SMILES string of the molecule is O=C(Cc1ccccc1)NNC(C(=O)Nc1ccccc1)c1ccccc1. The van der Waals surface area contributed by atoms with E-state index in [4.69, 9.17) is 0 Å². The van der Waals surface area contributed by atoms with Crippen LogP contribution in [0.3, 0.4) is 0 Å². The third-order valence-electron chi connectivity index (χ3n) is 4.00. The summed E-state index contributed by atoms with van der Waals surface area (Å²) >= 11 is 0. The van der Waals surface area contributed by atoms with Crippen LogP contribution >= 0.6 is 0 Å². The van der Waals surface area contributed by atoms with E-state index in [2.05, 4.69) is 16.2 Å². The van der Waals surface area contributed by atoms with E-state index in [0.29, 0.717) is 5.69 Å². The van der Waals surface area contributed by atoms with E-state index in [9.17, 15) is 9.59 Å². The number of hydrogen-bond donors (Lipinski definition) is 3. The summed E-state index contributed by atoms with van der Waals surface area (Å²) in [7, 11) is 0. The summed E-state index contributed by atoms with van der Waals surface area (Å²) in [5.74, 6) is -0.470. The van der Waals surface area contributed by atoms with Crippen LogP contribution in [0.5, 0.6) is 0 Å². The number of hydrogen-bond acceptors (Lipinski definition) is 3. The number of anilines is 1. The second-order valence-electron chi connectivity index (χ2n) is 6.05. The van der Waals surface area contributed by atoms with Crippen molar-refractivity contribution in [2.45, 2.75) is 12.5 Å². The average molecular weight is 359 g/mol. The molecule has 3 rings (SSSR count). The molecule has 3 N–H and O–H groups in total. The second-order valence-corrected chi connectivity index (χ2v) is 6.05. The summed E-state index contributed by atoms with van der Waals surface area (Å²) in [5.41, 5.74) is 7.87.